The van der Waals surface area contributed by atoms with Gasteiger partial charge in [0, 0.05) is 11.8 Å². The second-order valence-electron chi connectivity index (χ2n) is 7.72. The van der Waals surface area contributed by atoms with Gasteiger partial charge in [-0.25, -0.2) is 0 Å². The third kappa shape index (κ3) is 5.09. The Morgan fingerprint density at radius 3 is 1.64 bits per heavy atom. The Balaban J connectivity index is 2.18. The van der Waals surface area contributed by atoms with Gasteiger partial charge in [0.25, 0.3) is 0 Å². The summed E-state index contributed by atoms with van der Waals surface area (Å²) >= 11 is 0. The van der Waals surface area contributed by atoms with Crippen molar-refractivity contribution in [3.05, 3.63) is 59.7 Å². The molecule has 0 heterocycles. The summed E-state index contributed by atoms with van der Waals surface area (Å²) < 4.78 is 11.1. The van der Waals surface area contributed by atoms with Gasteiger partial charge < -0.3 is 9.47 Å². The van der Waals surface area contributed by atoms with E-state index in [1.807, 2.05) is 57.2 Å². The molecule has 2 aromatic carbocycles. The first kappa shape index (κ1) is 19.0. The molecule has 0 unspecified atom stereocenters. The third-order valence-electron chi connectivity index (χ3n) is 4.10. The lowest BCUT2D eigenvalue weighted by atomic mass is 9.78. The van der Waals surface area contributed by atoms with Crippen molar-refractivity contribution in [2.24, 2.45) is 0 Å². The molecule has 0 amide bonds. The highest BCUT2D eigenvalue weighted by molar-refractivity contribution is 5.71. The summed E-state index contributed by atoms with van der Waals surface area (Å²) in [7, 11) is 0. The number of ether oxygens (including phenoxy) is 2. The molecule has 0 saturated carbocycles. The quantitative estimate of drug-likeness (QED) is 0.532. The molecule has 134 valence electrons. The average Bonchev–Trinajstić information content (AvgIpc) is 2.54. The van der Waals surface area contributed by atoms with E-state index in [0.717, 1.165) is 11.3 Å². The van der Waals surface area contributed by atoms with Crippen LogP contribution in [0, 0.1) is 0 Å². The van der Waals surface area contributed by atoms with E-state index < -0.39 is 0 Å². The second kappa shape index (κ2) is 7.30. The standard InChI is InChI=1S/C22H28O3/c1-7-20(23)24-18-12-8-16(9-13-18)22(5,6)17-10-14-19(15-11-17)25-21(2,3)4/h8-15H,7H2,1-6H3. The molecular formula is C22H28O3. The van der Waals surface area contributed by atoms with Crippen LogP contribution in [0.3, 0.4) is 0 Å². The Morgan fingerprint density at radius 2 is 1.24 bits per heavy atom. The van der Waals surface area contributed by atoms with Crippen LogP contribution in [0.4, 0.5) is 0 Å². The topological polar surface area (TPSA) is 35.5 Å². The van der Waals surface area contributed by atoms with E-state index >= 15 is 0 Å². The van der Waals surface area contributed by atoms with Gasteiger partial charge in [-0.3, -0.25) is 4.79 Å². The molecule has 0 bridgehead atoms. The summed E-state index contributed by atoms with van der Waals surface area (Å²) in [6.07, 6.45) is 0.371. The van der Waals surface area contributed by atoms with E-state index in [1.165, 1.54) is 5.56 Å². The highest BCUT2D eigenvalue weighted by Crippen LogP contribution is 2.33. The molecule has 0 aliphatic heterocycles. The van der Waals surface area contributed by atoms with Gasteiger partial charge in [-0.1, -0.05) is 45.0 Å². The van der Waals surface area contributed by atoms with Crippen LogP contribution < -0.4 is 9.47 Å². The number of hydrogen-bond donors (Lipinski definition) is 0. The molecule has 0 aromatic heterocycles. The molecule has 2 rings (SSSR count). The van der Waals surface area contributed by atoms with Gasteiger partial charge in [0.2, 0.25) is 0 Å². The van der Waals surface area contributed by atoms with Crippen molar-refractivity contribution >= 4 is 5.97 Å². The van der Waals surface area contributed by atoms with Crippen LogP contribution in [0.15, 0.2) is 48.5 Å². The SMILES string of the molecule is CCC(=O)Oc1ccc(C(C)(C)c2ccc(OC(C)(C)C)cc2)cc1. The Bertz CT molecular complexity index is 704. The summed E-state index contributed by atoms with van der Waals surface area (Å²) in [4.78, 5) is 11.4. The van der Waals surface area contributed by atoms with E-state index in [1.54, 1.807) is 6.92 Å². The van der Waals surface area contributed by atoms with Gasteiger partial charge in [-0.05, 0) is 56.2 Å². The normalized spacial score (nSPS) is 11.9. The second-order valence-corrected chi connectivity index (χ2v) is 7.72. The fourth-order valence-corrected chi connectivity index (χ4v) is 2.60. The lowest BCUT2D eigenvalue weighted by molar-refractivity contribution is -0.134. The van der Waals surface area contributed by atoms with E-state index in [0.29, 0.717) is 12.2 Å². The monoisotopic (exact) mass is 340 g/mol. The summed E-state index contributed by atoms with van der Waals surface area (Å²) in [6, 6.07) is 16.0. The van der Waals surface area contributed by atoms with E-state index in [2.05, 4.69) is 26.0 Å². The minimum Gasteiger partial charge on any atom is -0.488 e. The van der Waals surface area contributed by atoms with Crippen LogP contribution in [0.2, 0.25) is 0 Å². The van der Waals surface area contributed by atoms with Crippen LogP contribution in [0.5, 0.6) is 11.5 Å². The van der Waals surface area contributed by atoms with Crippen molar-refractivity contribution in [3.63, 3.8) is 0 Å². The summed E-state index contributed by atoms with van der Waals surface area (Å²) in [6.45, 7) is 12.3. The summed E-state index contributed by atoms with van der Waals surface area (Å²) in [5, 5.41) is 0. The third-order valence-corrected chi connectivity index (χ3v) is 4.10. The van der Waals surface area contributed by atoms with Gasteiger partial charge in [-0.15, -0.1) is 0 Å². The van der Waals surface area contributed by atoms with Crippen molar-refractivity contribution < 1.29 is 14.3 Å². The number of benzene rings is 2. The van der Waals surface area contributed by atoms with Crippen LogP contribution >= 0.6 is 0 Å². The molecule has 0 aliphatic rings. The van der Waals surface area contributed by atoms with Gasteiger partial charge >= 0.3 is 5.97 Å². The molecule has 2 aromatic rings. The molecule has 0 spiro atoms. The van der Waals surface area contributed by atoms with Gasteiger partial charge in [-0.2, -0.15) is 0 Å². The van der Waals surface area contributed by atoms with Crippen molar-refractivity contribution in [1.29, 1.82) is 0 Å². The fraction of sp³-hybridized carbons (Fsp3) is 0.409. The first-order valence-electron chi connectivity index (χ1n) is 8.72. The molecule has 3 nitrogen and oxygen atoms in total. The van der Waals surface area contributed by atoms with E-state index in [-0.39, 0.29) is 17.0 Å². The van der Waals surface area contributed by atoms with Crippen molar-refractivity contribution in [3.8, 4) is 11.5 Å². The number of hydrogen-bond acceptors (Lipinski definition) is 3. The number of rotatable bonds is 5. The minimum absolute atomic E-state index is 0.159. The maximum atomic E-state index is 11.4. The Labute approximate surface area is 151 Å². The zero-order chi connectivity index (χ0) is 18.7. The predicted molar refractivity (Wildman–Crippen MR) is 101 cm³/mol. The number of carbonyl (C=O) groups is 1. The molecule has 0 radical (unpaired) electrons. The molecule has 25 heavy (non-hydrogen) atoms. The van der Waals surface area contributed by atoms with Crippen molar-refractivity contribution in [2.75, 3.05) is 0 Å². The Kier molecular flexibility index (Phi) is 5.56. The number of carbonyl (C=O) groups excluding carboxylic acids is 1. The Hall–Kier alpha value is -2.29. The van der Waals surface area contributed by atoms with E-state index in [4.69, 9.17) is 9.47 Å². The summed E-state index contributed by atoms with van der Waals surface area (Å²) in [5.41, 5.74) is 2.00. The molecular weight excluding hydrogens is 312 g/mol. The lowest BCUT2D eigenvalue weighted by Crippen LogP contribution is -2.23. The molecule has 0 atom stereocenters. The van der Waals surface area contributed by atoms with Crippen LogP contribution in [-0.2, 0) is 10.2 Å². The highest BCUT2D eigenvalue weighted by Gasteiger charge is 2.23. The number of esters is 1. The van der Waals surface area contributed by atoms with Crippen LogP contribution in [-0.4, -0.2) is 11.6 Å². The smallest absolute Gasteiger partial charge is 0.310 e. The largest absolute Gasteiger partial charge is 0.488 e. The molecule has 3 heteroatoms. The average molecular weight is 340 g/mol. The van der Waals surface area contributed by atoms with Crippen LogP contribution in [0.25, 0.3) is 0 Å². The molecule has 0 aliphatic carbocycles. The zero-order valence-electron chi connectivity index (χ0n) is 16.1. The molecule has 0 fully saturated rings. The van der Waals surface area contributed by atoms with Gasteiger partial charge in [0.05, 0.1) is 0 Å². The maximum absolute atomic E-state index is 11.4. The van der Waals surface area contributed by atoms with Crippen LogP contribution in [0.1, 0.15) is 59.1 Å². The molecule has 0 N–H and O–H groups in total. The van der Waals surface area contributed by atoms with Gasteiger partial charge in [0.1, 0.15) is 17.1 Å². The van der Waals surface area contributed by atoms with E-state index in [9.17, 15) is 4.79 Å². The first-order chi connectivity index (χ1) is 11.6. The molecule has 0 saturated heterocycles. The minimum atomic E-state index is -0.221. The Morgan fingerprint density at radius 1 is 0.800 bits per heavy atom. The maximum Gasteiger partial charge on any atom is 0.310 e. The van der Waals surface area contributed by atoms with Crippen molar-refractivity contribution in [1.82, 2.24) is 0 Å². The fourth-order valence-electron chi connectivity index (χ4n) is 2.60. The predicted octanol–water partition coefficient (Wildman–Crippen LogP) is 5.51. The summed E-state index contributed by atoms with van der Waals surface area (Å²) in [5.74, 6) is 1.23. The highest BCUT2D eigenvalue weighted by atomic mass is 16.5. The van der Waals surface area contributed by atoms with Crippen molar-refractivity contribution in [2.45, 2.75) is 59.0 Å². The van der Waals surface area contributed by atoms with Gasteiger partial charge in [0.15, 0.2) is 0 Å². The lowest BCUT2D eigenvalue weighted by Gasteiger charge is -2.27. The zero-order valence-corrected chi connectivity index (χ0v) is 16.1. The first-order valence-corrected chi connectivity index (χ1v) is 8.72.